The molecule has 266 valence electrons. The molecule has 0 aliphatic heterocycles. The molecular weight excluding hydrogens is 697 g/mol. The molecular formula is C40H38N4O6S2. The zero-order valence-electron chi connectivity index (χ0n) is 28.6. The van der Waals surface area contributed by atoms with Gasteiger partial charge in [-0.05, 0) is 56.0 Å². The molecule has 2 heterocycles. The number of ether oxygens (including phenoxy) is 2. The van der Waals surface area contributed by atoms with Crippen LogP contribution in [-0.4, -0.2) is 43.6 Å². The summed E-state index contributed by atoms with van der Waals surface area (Å²) in [5.74, 6) is -2.59. The maximum atomic E-state index is 14.5. The van der Waals surface area contributed by atoms with Crippen LogP contribution in [0, 0.1) is 0 Å². The van der Waals surface area contributed by atoms with Crippen molar-refractivity contribution in [3.63, 3.8) is 0 Å². The third-order valence-electron chi connectivity index (χ3n) is 8.41. The summed E-state index contributed by atoms with van der Waals surface area (Å²) in [6.45, 7) is 2.78. The molecule has 12 heteroatoms. The number of amides is 2. The highest BCUT2D eigenvalue weighted by Crippen LogP contribution is 2.49. The van der Waals surface area contributed by atoms with Gasteiger partial charge in [0.25, 0.3) is 11.8 Å². The van der Waals surface area contributed by atoms with Crippen molar-refractivity contribution < 1.29 is 28.7 Å². The number of aromatic nitrogens is 2. The number of carbonyl (C=O) groups excluding carboxylic acids is 4. The first kappa shape index (κ1) is 36.3. The second-order valence-electron chi connectivity index (χ2n) is 12.3. The van der Waals surface area contributed by atoms with E-state index in [0.717, 1.165) is 54.5 Å². The lowest BCUT2D eigenvalue weighted by atomic mass is 10.1. The van der Waals surface area contributed by atoms with Crippen molar-refractivity contribution in [1.29, 1.82) is 0 Å². The predicted octanol–water partition coefficient (Wildman–Crippen LogP) is 6.97. The Morgan fingerprint density at radius 1 is 0.558 bits per heavy atom. The highest BCUT2D eigenvalue weighted by Gasteiger charge is 2.51. The van der Waals surface area contributed by atoms with Crippen LogP contribution in [0.4, 0.5) is 0 Å². The topological polar surface area (TPSA) is 142 Å². The standard InChI is InChI=1S/C40H38N4O6S2/c1-27(45)49-39(37(47)43-23-29-13-5-3-6-14-29,21-31-25-41-35-19-11-9-17-33(31)35)51-52-40(50-28(2)46,38(48)44-24-30-15-7-4-8-16-30)22-32-26-42-36-20-12-10-18-34(32)36/h3-20,25-26,41-42H,21-24H2,1-2H3,(H,43,47)(H,44,48). The second-order valence-corrected chi connectivity index (χ2v) is 14.9. The summed E-state index contributed by atoms with van der Waals surface area (Å²) in [7, 11) is 1.75. The Morgan fingerprint density at radius 3 is 1.31 bits per heavy atom. The van der Waals surface area contributed by atoms with Crippen molar-refractivity contribution >= 4 is 67.1 Å². The fourth-order valence-electron chi connectivity index (χ4n) is 5.98. The summed E-state index contributed by atoms with van der Waals surface area (Å²) in [5, 5.41) is 7.59. The van der Waals surface area contributed by atoms with Crippen LogP contribution >= 0.6 is 21.6 Å². The maximum absolute atomic E-state index is 14.5. The Balaban J connectivity index is 1.42. The number of benzene rings is 4. The van der Waals surface area contributed by atoms with Crippen LogP contribution in [-0.2, 0) is 54.6 Å². The monoisotopic (exact) mass is 734 g/mol. The summed E-state index contributed by atoms with van der Waals surface area (Å²) < 4.78 is 12.0. The Kier molecular flexibility index (Phi) is 11.4. The molecule has 0 aliphatic rings. The molecule has 0 bridgehead atoms. The van der Waals surface area contributed by atoms with Crippen molar-refractivity contribution in [2.24, 2.45) is 0 Å². The van der Waals surface area contributed by atoms with Gasteiger partial charge in [0.15, 0.2) is 0 Å². The highest BCUT2D eigenvalue weighted by atomic mass is 33.1. The molecule has 6 aromatic rings. The Labute approximate surface area is 308 Å². The van der Waals surface area contributed by atoms with Crippen molar-refractivity contribution in [3.05, 3.63) is 144 Å². The van der Waals surface area contributed by atoms with Crippen LogP contribution in [0.3, 0.4) is 0 Å². The Bertz CT molecular complexity index is 2030. The van der Waals surface area contributed by atoms with E-state index in [-0.39, 0.29) is 25.9 Å². The van der Waals surface area contributed by atoms with E-state index in [1.54, 1.807) is 12.4 Å². The summed E-state index contributed by atoms with van der Waals surface area (Å²) in [6, 6.07) is 33.9. The van der Waals surface area contributed by atoms with E-state index in [1.807, 2.05) is 109 Å². The van der Waals surface area contributed by atoms with Gasteiger partial charge >= 0.3 is 11.9 Å². The van der Waals surface area contributed by atoms with Gasteiger partial charge in [-0.2, -0.15) is 0 Å². The van der Waals surface area contributed by atoms with E-state index in [4.69, 9.17) is 9.47 Å². The molecule has 0 spiro atoms. The van der Waals surface area contributed by atoms with E-state index in [2.05, 4.69) is 20.6 Å². The maximum Gasteiger partial charge on any atom is 0.304 e. The lowest BCUT2D eigenvalue weighted by Gasteiger charge is -2.36. The lowest BCUT2D eigenvalue weighted by molar-refractivity contribution is -0.157. The molecule has 2 aromatic heterocycles. The minimum absolute atomic E-state index is 0.0657. The fraction of sp³-hybridized carbons (Fsp3) is 0.200. The molecule has 0 aliphatic carbocycles. The highest BCUT2D eigenvalue weighted by molar-refractivity contribution is 8.78. The van der Waals surface area contributed by atoms with Gasteiger partial charge in [0.2, 0.25) is 9.87 Å². The molecule has 4 N–H and O–H groups in total. The fourth-order valence-corrected chi connectivity index (χ4v) is 9.09. The van der Waals surface area contributed by atoms with Gasteiger partial charge in [0.1, 0.15) is 0 Å². The van der Waals surface area contributed by atoms with Gasteiger partial charge in [-0.15, -0.1) is 0 Å². The SMILES string of the molecule is CC(=O)OC(Cc1c[nH]c2ccccc12)(SSC(Cc1c[nH]c2ccccc12)(OC(C)=O)C(=O)NCc1ccccc1)C(=O)NCc1ccccc1. The Hall–Kier alpha value is -5.46. The third-order valence-corrected chi connectivity index (χ3v) is 11.7. The number of rotatable bonds is 15. The number of hydrogen-bond acceptors (Lipinski definition) is 8. The van der Waals surface area contributed by atoms with Gasteiger partial charge in [0, 0.05) is 74.0 Å². The predicted molar refractivity (Wildman–Crippen MR) is 205 cm³/mol. The molecule has 0 radical (unpaired) electrons. The van der Waals surface area contributed by atoms with Crippen molar-refractivity contribution in [2.75, 3.05) is 0 Å². The molecule has 0 saturated carbocycles. The van der Waals surface area contributed by atoms with Crippen LogP contribution in [0.5, 0.6) is 0 Å². The molecule has 6 rings (SSSR count). The number of esters is 2. The van der Waals surface area contributed by atoms with Gasteiger partial charge in [-0.3, -0.25) is 19.2 Å². The molecule has 2 unspecified atom stereocenters. The normalized spacial score (nSPS) is 13.5. The van der Waals surface area contributed by atoms with E-state index in [0.29, 0.717) is 11.1 Å². The Morgan fingerprint density at radius 2 is 0.923 bits per heavy atom. The number of nitrogens with one attached hydrogen (secondary N) is 4. The first-order chi connectivity index (χ1) is 25.2. The van der Waals surface area contributed by atoms with Gasteiger partial charge in [0.05, 0.1) is 0 Å². The van der Waals surface area contributed by atoms with Crippen LogP contribution in [0.15, 0.2) is 122 Å². The van der Waals surface area contributed by atoms with Crippen molar-refractivity contribution in [2.45, 2.75) is 49.6 Å². The zero-order chi connectivity index (χ0) is 36.6. The summed E-state index contributed by atoms with van der Waals surface area (Å²) in [5.41, 5.74) is 4.78. The second kappa shape index (κ2) is 16.3. The summed E-state index contributed by atoms with van der Waals surface area (Å²) in [6.07, 6.45) is 3.42. The van der Waals surface area contributed by atoms with E-state index < -0.39 is 33.6 Å². The van der Waals surface area contributed by atoms with E-state index in [9.17, 15) is 19.2 Å². The number of H-pyrrole nitrogens is 2. The number of aromatic amines is 2. The number of fused-ring (bicyclic) bond motifs is 2. The number of hydrogen-bond donors (Lipinski definition) is 4. The molecule has 0 saturated heterocycles. The number of carbonyl (C=O) groups is 4. The third kappa shape index (κ3) is 8.52. The molecule has 2 amide bonds. The lowest BCUT2D eigenvalue weighted by Crippen LogP contribution is -2.51. The first-order valence-electron chi connectivity index (χ1n) is 16.7. The molecule has 52 heavy (non-hydrogen) atoms. The zero-order valence-corrected chi connectivity index (χ0v) is 30.3. The van der Waals surface area contributed by atoms with Crippen LogP contribution < -0.4 is 10.6 Å². The summed E-state index contributed by atoms with van der Waals surface area (Å²) >= 11 is 0. The largest absolute Gasteiger partial charge is 0.437 e. The van der Waals surface area contributed by atoms with Gasteiger partial charge in [-0.1, -0.05) is 97.1 Å². The van der Waals surface area contributed by atoms with Crippen LogP contribution in [0.25, 0.3) is 21.8 Å². The quantitative estimate of drug-likeness (QED) is 0.0504. The van der Waals surface area contributed by atoms with E-state index in [1.165, 1.54) is 13.8 Å². The first-order valence-corrected chi connectivity index (χ1v) is 18.8. The molecule has 2 atom stereocenters. The molecule has 10 nitrogen and oxygen atoms in total. The van der Waals surface area contributed by atoms with Gasteiger partial charge in [-0.25, -0.2) is 0 Å². The van der Waals surface area contributed by atoms with Crippen LogP contribution in [0.2, 0.25) is 0 Å². The van der Waals surface area contributed by atoms with E-state index >= 15 is 0 Å². The smallest absolute Gasteiger partial charge is 0.304 e. The summed E-state index contributed by atoms with van der Waals surface area (Å²) in [4.78, 5) is 57.5. The minimum Gasteiger partial charge on any atom is -0.437 e. The average molecular weight is 735 g/mol. The molecule has 0 fully saturated rings. The van der Waals surface area contributed by atoms with Crippen LogP contribution in [0.1, 0.15) is 36.1 Å². The van der Waals surface area contributed by atoms with Crippen molar-refractivity contribution in [3.8, 4) is 0 Å². The average Bonchev–Trinajstić information content (AvgIpc) is 3.75. The minimum atomic E-state index is -1.92. The van der Waals surface area contributed by atoms with Gasteiger partial charge < -0.3 is 30.1 Å². The van der Waals surface area contributed by atoms with Crippen molar-refractivity contribution in [1.82, 2.24) is 20.6 Å². The molecule has 4 aromatic carbocycles. The number of para-hydroxylation sites is 2.